The molecule has 0 spiro atoms. The van der Waals surface area contributed by atoms with Crippen LogP contribution < -0.4 is 0 Å². The zero-order valence-electron chi connectivity index (χ0n) is 13.5. The molecule has 8 heteroatoms. The Morgan fingerprint density at radius 1 is 0.957 bits per heavy atom. The van der Waals surface area contributed by atoms with Crippen molar-refractivity contribution in [3.8, 4) is 6.07 Å². The molecule has 0 bridgehead atoms. The Kier molecular flexibility index (Phi) is 5.60. The highest BCUT2D eigenvalue weighted by Crippen LogP contribution is 2.42. The summed E-state index contributed by atoms with van der Waals surface area (Å²) in [7, 11) is -2.61. The summed E-state index contributed by atoms with van der Waals surface area (Å²) >= 11 is 0. The Hall–Kier alpha value is -1.46. The maximum Gasteiger partial charge on any atom is 0.200 e. The van der Waals surface area contributed by atoms with Crippen molar-refractivity contribution in [3.05, 3.63) is 34.6 Å². The SMILES string of the molecule is CC(C)(C)[Si](C)(C)O[C@@H](CC#N)c1c(F)c(F)c(F)c(F)c1F. The Morgan fingerprint density at radius 2 is 1.35 bits per heavy atom. The van der Waals surface area contributed by atoms with Gasteiger partial charge < -0.3 is 4.43 Å². The number of nitrogens with zero attached hydrogens (tertiary/aromatic N) is 1. The highest BCUT2D eigenvalue weighted by Gasteiger charge is 2.41. The molecule has 0 amide bonds. The molecule has 0 N–H and O–H groups in total. The van der Waals surface area contributed by atoms with E-state index in [1.165, 1.54) is 0 Å². The molecule has 0 fully saturated rings. The summed E-state index contributed by atoms with van der Waals surface area (Å²) in [5.74, 6) is -10.2. The molecule has 0 aliphatic heterocycles. The fraction of sp³-hybridized carbons (Fsp3) is 0.533. The van der Waals surface area contributed by atoms with E-state index in [-0.39, 0.29) is 5.04 Å². The normalized spacial score (nSPS) is 13.8. The fourth-order valence-corrected chi connectivity index (χ4v) is 2.99. The Labute approximate surface area is 133 Å². The van der Waals surface area contributed by atoms with Gasteiger partial charge in [0.1, 0.15) is 0 Å². The average molecular weight is 351 g/mol. The molecule has 0 aliphatic carbocycles. The molecular weight excluding hydrogens is 333 g/mol. The molecule has 1 aromatic rings. The lowest BCUT2D eigenvalue weighted by Gasteiger charge is -2.39. The van der Waals surface area contributed by atoms with Gasteiger partial charge in [0.05, 0.1) is 24.2 Å². The molecule has 1 rings (SSSR count). The number of hydrogen-bond donors (Lipinski definition) is 0. The number of nitriles is 1. The number of halogens is 5. The summed E-state index contributed by atoms with van der Waals surface area (Å²) in [6.45, 7) is 9.05. The quantitative estimate of drug-likeness (QED) is 0.317. The predicted molar refractivity (Wildman–Crippen MR) is 77.5 cm³/mol. The van der Waals surface area contributed by atoms with E-state index >= 15 is 0 Å². The van der Waals surface area contributed by atoms with Crippen LogP contribution >= 0.6 is 0 Å². The third-order valence-corrected chi connectivity index (χ3v) is 8.57. The van der Waals surface area contributed by atoms with Crippen molar-refractivity contribution in [2.45, 2.75) is 51.4 Å². The average Bonchev–Trinajstić information content (AvgIpc) is 2.42. The van der Waals surface area contributed by atoms with Crippen molar-refractivity contribution < 1.29 is 26.4 Å². The van der Waals surface area contributed by atoms with Gasteiger partial charge in [-0.3, -0.25) is 0 Å². The molecule has 0 unspecified atom stereocenters. The van der Waals surface area contributed by atoms with Gasteiger partial charge in [-0.2, -0.15) is 5.26 Å². The van der Waals surface area contributed by atoms with Crippen LogP contribution in [0.5, 0.6) is 0 Å². The molecule has 0 saturated heterocycles. The number of rotatable bonds is 4. The van der Waals surface area contributed by atoms with E-state index in [2.05, 4.69) is 0 Å². The zero-order valence-corrected chi connectivity index (χ0v) is 14.5. The van der Waals surface area contributed by atoms with Crippen molar-refractivity contribution >= 4 is 8.32 Å². The van der Waals surface area contributed by atoms with Crippen molar-refractivity contribution in [2.24, 2.45) is 0 Å². The lowest BCUT2D eigenvalue weighted by atomic mass is 10.0. The van der Waals surface area contributed by atoms with Gasteiger partial charge in [-0.05, 0) is 18.1 Å². The molecule has 0 heterocycles. The summed E-state index contributed by atoms with van der Waals surface area (Å²) in [6, 6.07) is 1.67. The van der Waals surface area contributed by atoms with E-state index in [0.717, 1.165) is 0 Å². The minimum Gasteiger partial charge on any atom is -0.409 e. The molecule has 1 aromatic carbocycles. The highest BCUT2D eigenvalue weighted by atomic mass is 28.4. The summed E-state index contributed by atoms with van der Waals surface area (Å²) in [6.07, 6.45) is -2.05. The first-order valence-electron chi connectivity index (χ1n) is 6.91. The van der Waals surface area contributed by atoms with Crippen molar-refractivity contribution in [3.63, 3.8) is 0 Å². The first kappa shape index (κ1) is 19.6. The lowest BCUT2D eigenvalue weighted by Crippen LogP contribution is -2.42. The van der Waals surface area contributed by atoms with Crippen LogP contribution in [0.25, 0.3) is 0 Å². The number of benzene rings is 1. The van der Waals surface area contributed by atoms with Crippen molar-refractivity contribution in [2.75, 3.05) is 0 Å². The first-order chi connectivity index (χ1) is 10.3. The van der Waals surface area contributed by atoms with Gasteiger partial charge in [0, 0.05) is 0 Å². The molecule has 0 saturated carbocycles. The topological polar surface area (TPSA) is 33.0 Å². The minimum atomic E-state index is -2.61. The lowest BCUT2D eigenvalue weighted by molar-refractivity contribution is 0.174. The summed E-state index contributed by atoms with van der Waals surface area (Å²) in [4.78, 5) is 0. The van der Waals surface area contributed by atoms with E-state index in [1.807, 2.05) is 20.8 Å². The van der Waals surface area contributed by atoms with Gasteiger partial charge in [0.25, 0.3) is 0 Å². The van der Waals surface area contributed by atoms with Gasteiger partial charge in [-0.1, -0.05) is 20.8 Å². The van der Waals surface area contributed by atoms with Crippen LogP contribution in [0.15, 0.2) is 0 Å². The van der Waals surface area contributed by atoms with E-state index in [9.17, 15) is 22.0 Å². The Bertz CT molecular complexity index is 620. The Morgan fingerprint density at radius 3 is 1.70 bits per heavy atom. The molecular formula is C15H18F5NOSi. The zero-order chi connectivity index (χ0) is 18.2. The molecule has 0 aliphatic rings. The predicted octanol–water partition coefficient (Wildman–Crippen LogP) is 5.36. The highest BCUT2D eigenvalue weighted by molar-refractivity contribution is 6.74. The van der Waals surface area contributed by atoms with Crippen LogP contribution in [-0.4, -0.2) is 8.32 Å². The standard InChI is InChI=1S/C15H18F5NOSi/c1-15(2,3)23(4,5)22-8(6-7-21)9-10(16)12(18)14(20)13(19)11(9)17/h8H,6H2,1-5H3/t8-/m0/s1. The molecule has 23 heavy (non-hydrogen) atoms. The smallest absolute Gasteiger partial charge is 0.200 e. The summed E-state index contributed by atoms with van der Waals surface area (Å²) in [5, 5.41) is 8.48. The largest absolute Gasteiger partial charge is 0.409 e. The van der Waals surface area contributed by atoms with Crippen molar-refractivity contribution in [1.82, 2.24) is 0 Å². The second-order valence-corrected chi connectivity index (χ2v) is 11.5. The van der Waals surface area contributed by atoms with Gasteiger partial charge >= 0.3 is 0 Å². The maximum absolute atomic E-state index is 14.0. The van der Waals surface area contributed by atoms with E-state index in [0.29, 0.717) is 0 Å². The summed E-state index contributed by atoms with van der Waals surface area (Å²) in [5.41, 5.74) is -1.09. The van der Waals surface area contributed by atoms with Crippen LogP contribution in [0.3, 0.4) is 0 Å². The van der Waals surface area contributed by atoms with Gasteiger partial charge in [-0.15, -0.1) is 0 Å². The third-order valence-electron chi connectivity index (χ3n) is 4.09. The summed E-state index contributed by atoms with van der Waals surface area (Å²) < 4.78 is 73.5. The van der Waals surface area contributed by atoms with Crippen LogP contribution in [0.4, 0.5) is 22.0 Å². The molecule has 128 valence electrons. The van der Waals surface area contributed by atoms with Gasteiger partial charge in [-0.25, -0.2) is 22.0 Å². The van der Waals surface area contributed by atoms with Crippen LogP contribution in [0, 0.1) is 40.4 Å². The Balaban J connectivity index is 3.47. The van der Waals surface area contributed by atoms with Crippen LogP contribution in [0.2, 0.25) is 18.1 Å². The first-order valence-corrected chi connectivity index (χ1v) is 9.82. The second-order valence-electron chi connectivity index (χ2n) is 6.71. The molecule has 2 nitrogen and oxygen atoms in total. The fourth-order valence-electron chi connectivity index (χ4n) is 1.72. The van der Waals surface area contributed by atoms with E-state index in [1.54, 1.807) is 19.2 Å². The van der Waals surface area contributed by atoms with Crippen molar-refractivity contribution in [1.29, 1.82) is 5.26 Å². The minimum absolute atomic E-state index is 0.370. The van der Waals surface area contributed by atoms with Crippen LogP contribution in [0.1, 0.15) is 38.9 Å². The number of hydrogen-bond acceptors (Lipinski definition) is 2. The van der Waals surface area contributed by atoms with Gasteiger partial charge in [0.15, 0.2) is 31.6 Å². The molecule has 0 aromatic heterocycles. The van der Waals surface area contributed by atoms with Crippen LogP contribution in [-0.2, 0) is 4.43 Å². The monoisotopic (exact) mass is 351 g/mol. The van der Waals surface area contributed by atoms with Gasteiger partial charge in [0.2, 0.25) is 5.82 Å². The maximum atomic E-state index is 14.0. The van der Waals surface area contributed by atoms with E-state index in [4.69, 9.17) is 9.69 Å². The molecule has 1 atom stereocenters. The third kappa shape index (κ3) is 3.72. The second kappa shape index (κ2) is 6.57. The van der Waals surface area contributed by atoms with E-state index < -0.39 is 55.5 Å². The molecule has 0 radical (unpaired) electrons.